The largest absolute Gasteiger partial charge is 0.497 e. The van der Waals surface area contributed by atoms with Gasteiger partial charge in [-0.25, -0.2) is 0 Å². The van der Waals surface area contributed by atoms with E-state index in [-0.39, 0.29) is 18.2 Å². The van der Waals surface area contributed by atoms with Gasteiger partial charge in [0, 0.05) is 25.6 Å². The third-order valence-corrected chi connectivity index (χ3v) is 4.47. The lowest BCUT2D eigenvalue weighted by Crippen LogP contribution is -2.46. The molecule has 1 aromatic carbocycles. The van der Waals surface area contributed by atoms with Crippen molar-refractivity contribution in [1.29, 1.82) is 0 Å². The van der Waals surface area contributed by atoms with E-state index in [0.717, 1.165) is 18.7 Å². The maximum Gasteiger partial charge on any atom is 0.238 e. The first-order valence-corrected chi connectivity index (χ1v) is 7.99. The van der Waals surface area contributed by atoms with Crippen LogP contribution >= 0.6 is 0 Å². The minimum absolute atomic E-state index is 0.140. The third-order valence-electron chi connectivity index (χ3n) is 4.47. The van der Waals surface area contributed by atoms with Gasteiger partial charge in [-0.3, -0.25) is 19.4 Å². The molecule has 1 atom stereocenters. The molecule has 0 unspecified atom stereocenters. The molecule has 2 heterocycles. The molecule has 7 heteroatoms. The minimum Gasteiger partial charge on any atom is -0.497 e. The Labute approximate surface area is 141 Å². The number of hydrogen-bond donors (Lipinski definition) is 0. The summed E-state index contributed by atoms with van der Waals surface area (Å²) in [7, 11) is 3.12. The molecule has 2 saturated heterocycles. The molecular weight excluding hydrogens is 312 g/mol. The molecule has 0 saturated carbocycles. The molecule has 7 nitrogen and oxygen atoms in total. The van der Waals surface area contributed by atoms with E-state index in [4.69, 9.17) is 14.2 Å². The number of rotatable bonds is 5. The Morgan fingerprint density at radius 1 is 1.08 bits per heavy atom. The fraction of sp³-hybridized carbons (Fsp3) is 0.529. The summed E-state index contributed by atoms with van der Waals surface area (Å²) in [6.45, 7) is 3.06. The second kappa shape index (κ2) is 7.19. The van der Waals surface area contributed by atoms with Crippen molar-refractivity contribution in [2.75, 3.05) is 47.2 Å². The summed E-state index contributed by atoms with van der Waals surface area (Å²) in [6, 6.07) is 5.32. The number of amides is 2. The van der Waals surface area contributed by atoms with Crippen LogP contribution in [0.2, 0.25) is 0 Å². The SMILES string of the molecule is COc1cc(OC)cc([C@H]2CC(=O)N(CN3CCOCC3)C2=O)c1. The molecule has 24 heavy (non-hydrogen) atoms. The Kier molecular flexibility index (Phi) is 5.01. The maximum atomic E-state index is 12.8. The number of ether oxygens (including phenoxy) is 3. The number of morpholine rings is 1. The van der Waals surface area contributed by atoms with Crippen LogP contribution in [-0.2, 0) is 14.3 Å². The lowest BCUT2D eigenvalue weighted by Gasteiger charge is -2.29. The number of methoxy groups -OCH3 is 2. The van der Waals surface area contributed by atoms with Crippen molar-refractivity contribution in [1.82, 2.24) is 9.80 Å². The highest BCUT2D eigenvalue weighted by molar-refractivity contribution is 6.06. The van der Waals surface area contributed by atoms with Crippen LogP contribution in [-0.4, -0.2) is 68.8 Å². The standard InChI is InChI=1S/C17H22N2O5/c1-22-13-7-12(8-14(9-13)23-2)15-10-16(20)19(17(15)21)11-18-3-5-24-6-4-18/h7-9,15H,3-6,10-11H2,1-2H3/t15-/m1/s1. The Hall–Kier alpha value is -2.12. The molecule has 0 bridgehead atoms. The van der Waals surface area contributed by atoms with E-state index in [1.165, 1.54) is 4.90 Å². The molecule has 0 spiro atoms. The zero-order valence-electron chi connectivity index (χ0n) is 14.0. The van der Waals surface area contributed by atoms with Gasteiger partial charge in [-0.2, -0.15) is 0 Å². The van der Waals surface area contributed by atoms with Gasteiger partial charge in [0.2, 0.25) is 11.8 Å². The van der Waals surface area contributed by atoms with Crippen LogP contribution in [0.1, 0.15) is 17.9 Å². The molecule has 3 rings (SSSR count). The minimum atomic E-state index is -0.484. The number of carbonyl (C=O) groups excluding carboxylic acids is 2. The van der Waals surface area contributed by atoms with Crippen LogP contribution < -0.4 is 9.47 Å². The molecule has 2 aliphatic rings. The highest BCUT2D eigenvalue weighted by atomic mass is 16.5. The first-order chi connectivity index (χ1) is 11.6. The highest BCUT2D eigenvalue weighted by Gasteiger charge is 2.40. The van der Waals surface area contributed by atoms with Crippen LogP contribution in [0.4, 0.5) is 0 Å². The summed E-state index contributed by atoms with van der Waals surface area (Å²) in [5.41, 5.74) is 0.744. The monoisotopic (exact) mass is 334 g/mol. The second-order valence-corrected chi connectivity index (χ2v) is 5.93. The van der Waals surface area contributed by atoms with E-state index >= 15 is 0 Å². The molecule has 2 aliphatic heterocycles. The fourth-order valence-electron chi connectivity index (χ4n) is 3.07. The van der Waals surface area contributed by atoms with Crippen molar-refractivity contribution >= 4 is 11.8 Å². The van der Waals surface area contributed by atoms with Gasteiger partial charge in [-0.05, 0) is 17.7 Å². The Morgan fingerprint density at radius 2 is 1.71 bits per heavy atom. The van der Waals surface area contributed by atoms with E-state index in [1.54, 1.807) is 32.4 Å². The van der Waals surface area contributed by atoms with Crippen molar-refractivity contribution in [2.45, 2.75) is 12.3 Å². The number of carbonyl (C=O) groups is 2. The van der Waals surface area contributed by atoms with Crippen LogP contribution in [0, 0.1) is 0 Å². The lowest BCUT2D eigenvalue weighted by atomic mass is 9.97. The van der Waals surface area contributed by atoms with Crippen LogP contribution in [0.5, 0.6) is 11.5 Å². The summed E-state index contributed by atoms with van der Waals surface area (Å²) in [5.74, 6) is 0.426. The second-order valence-electron chi connectivity index (χ2n) is 5.93. The van der Waals surface area contributed by atoms with Crippen LogP contribution in [0.25, 0.3) is 0 Å². The number of nitrogens with zero attached hydrogens (tertiary/aromatic N) is 2. The maximum absolute atomic E-state index is 12.8. The predicted octanol–water partition coefficient (Wildman–Crippen LogP) is 0.836. The third kappa shape index (κ3) is 3.37. The summed E-state index contributed by atoms with van der Waals surface area (Å²) in [4.78, 5) is 28.5. The topological polar surface area (TPSA) is 68.3 Å². The molecule has 130 valence electrons. The van der Waals surface area contributed by atoms with Crippen molar-refractivity contribution in [3.8, 4) is 11.5 Å². The van der Waals surface area contributed by atoms with Gasteiger partial charge in [-0.15, -0.1) is 0 Å². The Bertz CT molecular complexity index is 605. The molecule has 1 aromatic rings. The molecule has 0 aromatic heterocycles. The highest BCUT2D eigenvalue weighted by Crippen LogP contribution is 2.34. The average Bonchev–Trinajstić information content (AvgIpc) is 2.90. The lowest BCUT2D eigenvalue weighted by molar-refractivity contribution is -0.142. The van der Waals surface area contributed by atoms with E-state index < -0.39 is 5.92 Å². The van der Waals surface area contributed by atoms with Crippen molar-refractivity contribution in [3.63, 3.8) is 0 Å². The quantitative estimate of drug-likeness (QED) is 0.743. The Morgan fingerprint density at radius 3 is 2.29 bits per heavy atom. The summed E-state index contributed by atoms with van der Waals surface area (Å²) in [5, 5.41) is 0. The zero-order chi connectivity index (χ0) is 17.1. The van der Waals surface area contributed by atoms with Gasteiger partial charge in [0.1, 0.15) is 11.5 Å². The molecular formula is C17H22N2O5. The van der Waals surface area contributed by atoms with E-state index in [0.29, 0.717) is 31.4 Å². The number of likely N-dealkylation sites (tertiary alicyclic amines) is 1. The molecule has 2 amide bonds. The number of imide groups is 1. The van der Waals surface area contributed by atoms with E-state index in [9.17, 15) is 9.59 Å². The smallest absolute Gasteiger partial charge is 0.238 e. The number of benzene rings is 1. The summed E-state index contributed by atoms with van der Waals surface area (Å²) in [6.07, 6.45) is 0.180. The van der Waals surface area contributed by atoms with Gasteiger partial charge in [-0.1, -0.05) is 0 Å². The average molecular weight is 334 g/mol. The first kappa shape index (κ1) is 16.7. The van der Waals surface area contributed by atoms with Crippen molar-refractivity contribution in [3.05, 3.63) is 23.8 Å². The van der Waals surface area contributed by atoms with Gasteiger partial charge in [0.15, 0.2) is 0 Å². The summed E-state index contributed by atoms with van der Waals surface area (Å²) >= 11 is 0. The van der Waals surface area contributed by atoms with Crippen LogP contribution in [0.3, 0.4) is 0 Å². The molecule has 2 fully saturated rings. The van der Waals surface area contributed by atoms with Crippen LogP contribution in [0.15, 0.2) is 18.2 Å². The normalized spacial score (nSPS) is 22.1. The first-order valence-electron chi connectivity index (χ1n) is 7.99. The van der Waals surface area contributed by atoms with E-state index in [2.05, 4.69) is 4.90 Å². The predicted molar refractivity (Wildman–Crippen MR) is 86.0 cm³/mol. The zero-order valence-corrected chi connectivity index (χ0v) is 14.0. The Balaban J connectivity index is 1.78. The van der Waals surface area contributed by atoms with Crippen molar-refractivity contribution in [2.24, 2.45) is 0 Å². The summed E-state index contributed by atoms with van der Waals surface area (Å²) < 4.78 is 15.8. The fourth-order valence-corrected chi connectivity index (χ4v) is 3.07. The van der Waals surface area contributed by atoms with Crippen molar-refractivity contribution < 1.29 is 23.8 Å². The van der Waals surface area contributed by atoms with Gasteiger partial charge in [0.05, 0.1) is 40.0 Å². The molecule has 0 aliphatic carbocycles. The van der Waals surface area contributed by atoms with Gasteiger partial charge in [0.25, 0.3) is 0 Å². The number of hydrogen-bond acceptors (Lipinski definition) is 6. The van der Waals surface area contributed by atoms with E-state index in [1.807, 2.05) is 0 Å². The molecule has 0 radical (unpaired) electrons. The molecule has 0 N–H and O–H groups in total. The van der Waals surface area contributed by atoms with Gasteiger partial charge < -0.3 is 14.2 Å². The van der Waals surface area contributed by atoms with Gasteiger partial charge >= 0.3 is 0 Å².